The summed E-state index contributed by atoms with van der Waals surface area (Å²) in [4.78, 5) is 26.3. The number of amides is 1. The second kappa shape index (κ2) is 10.0. The van der Waals surface area contributed by atoms with E-state index in [4.69, 9.17) is 0 Å². The zero-order valence-corrected chi connectivity index (χ0v) is 19.7. The normalized spacial score (nSPS) is 13.8. The number of hydrogen-bond acceptors (Lipinski definition) is 7. The number of aryl methyl sites for hydroxylation is 1. The van der Waals surface area contributed by atoms with E-state index in [-0.39, 0.29) is 5.91 Å². The minimum Gasteiger partial charge on any atom is -0.368 e. The molecular weight excluding hydrogens is 446 g/mol. The molecule has 8 nitrogen and oxygen atoms in total. The van der Waals surface area contributed by atoms with Gasteiger partial charge in [-0.25, -0.2) is 14.6 Å². The van der Waals surface area contributed by atoms with Gasteiger partial charge in [-0.15, -0.1) is 5.10 Å². The summed E-state index contributed by atoms with van der Waals surface area (Å²) >= 11 is 1.46. The number of piperazine rings is 1. The fourth-order valence-electron chi connectivity index (χ4n) is 3.94. The molecule has 1 aliphatic heterocycles. The minimum absolute atomic E-state index is 0.0874. The molecule has 5 rings (SSSR count). The smallest absolute Gasteiger partial charge is 0.276 e. The first-order valence-corrected chi connectivity index (χ1v) is 12.2. The minimum atomic E-state index is -0.0874. The predicted molar refractivity (Wildman–Crippen MR) is 132 cm³/mol. The summed E-state index contributed by atoms with van der Waals surface area (Å²) in [6.45, 7) is 4.88. The number of para-hydroxylation sites is 1. The molecule has 172 valence electrons. The number of carbonyl (C=O) groups excluding carboxylic acids is 1. The van der Waals surface area contributed by atoms with Gasteiger partial charge >= 0.3 is 0 Å². The highest BCUT2D eigenvalue weighted by atomic mass is 32.2. The van der Waals surface area contributed by atoms with Crippen molar-refractivity contribution in [1.82, 2.24) is 29.9 Å². The van der Waals surface area contributed by atoms with Gasteiger partial charge in [0.25, 0.3) is 5.91 Å². The second-order valence-corrected chi connectivity index (χ2v) is 9.01. The van der Waals surface area contributed by atoms with Crippen LogP contribution < -0.4 is 4.90 Å². The van der Waals surface area contributed by atoms with Crippen molar-refractivity contribution in [2.24, 2.45) is 0 Å². The van der Waals surface area contributed by atoms with Crippen molar-refractivity contribution < 1.29 is 4.79 Å². The first-order valence-electron chi connectivity index (χ1n) is 11.2. The highest BCUT2D eigenvalue weighted by molar-refractivity contribution is 7.98. The quantitative estimate of drug-likeness (QED) is 0.314. The number of thioether (sulfide) groups is 1. The average molecular weight is 472 g/mol. The molecule has 0 atom stereocenters. The maximum absolute atomic E-state index is 13.5. The molecular formula is C25H25N7OS. The van der Waals surface area contributed by atoms with Crippen molar-refractivity contribution in [3.8, 4) is 5.69 Å². The number of carbonyl (C=O) groups is 1. The fourth-order valence-corrected chi connectivity index (χ4v) is 4.74. The molecule has 2 aromatic carbocycles. The molecule has 1 saturated heterocycles. The Hall–Kier alpha value is -3.72. The summed E-state index contributed by atoms with van der Waals surface area (Å²) in [7, 11) is 0. The van der Waals surface area contributed by atoms with Crippen molar-refractivity contribution >= 4 is 23.4 Å². The lowest BCUT2D eigenvalue weighted by atomic mass is 10.2. The predicted octanol–water partition coefficient (Wildman–Crippen LogP) is 3.62. The molecule has 0 aliphatic carbocycles. The monoisotopic (exact) mass is 471 g/mol. The Kier molecular flexibility index (Phi) is 6.53. The SMILES string of the molecule is Cc1ccc(-n2nnc(C(=O)N3CCN(c4ccccc4)CC3)c2CSc2ncccn2)cc1. The molecule has 0 saturated carbocycles. The van der Waals surface area contributed by atoms with Gasteiger partial charge in [0, 0.05) is 50.0 Å². The maximum atomic E-state index is 13.5. The maximum Gasteiger partial charge on any atom is 0.276 e. The Morgan fingerprint density at radius 1 is 0.882 bits per heavy atom. The third-order valence-electron chi connectivity index (χ3n) is 5.81. The Bertz CT molecular complexity index is 1240. The van der Waals surface area contributed by atoms with E-state index in [9.17, 15) is 4.79 Å². The van der Waals surface area contributed by atoms with Crippen molar-refractivity contribution in [3.05, 3.63) is 90.0 Å². The number of nitrogens with zero attached hydrogens (tertiary/aromatic N) is 7. The van der Waals surface area contributed by atoms with Gasteiger partial charge in [-0.3, -0.25) is 4.79 Å². The Morgan fingerprint density at radius 3 is 2.29 bits per heavy atom. The molecule has 34 heavy (non-hydrogen) atoms. The van der Waals surface area contributed by atoms with E-state index in [1.165, 1.54) is 17.4 Å². The zero-order valence-electron chi connectivity index (χ0n) is 18.9. The van der Waals surface area contributed by atoms with E-state index in [0.717, 1.165) is 30.0 Å². The Balaban J connectivity index is 1.38. The molecule has 0 unspecified atom stereocenters. The van der Waals surface area contributed by atoms with Crippen molar-refractivity contribution in [2.45, 2.75) is 17.8 Å². The third-order valence-corrected chi connectivity index (χ3v) is 6.70. The highest BCUT2D eigenvalue weighted by Gasteiger charge is 2.28. The molecule has 2 aromatic heterocycles. The van der Waals surface area contributed by atoms with Crippen LogP contribution in [0.4, 0.5) is 5.69 Å². The van der Waals surface area contributed by atoms with E-state index >= 15 is 0 Å². The van der Waals surface area contributed by atoms with Crippen LogP contribution >= 0.6 is 11.8 Å². The van der Waals surface area contributed by atoms with E-state index in [1.54, 1.807) is 23.1 Å². The lowest BCUT2D eigenvalue weighted by molar-refractivity contribution is 0.0740. The van der Waals surface area contributed by atoms with E-state index < -0.39 is 0 Å². The van der Waals surface area contributed by atoms with E-state index in [1.807, 2.05) is 54.3 Å². The number of anilines is 1. The lowest BCUT2D eigenvalue weighted by Gasteiger charge is -2.35. The van der Waals surface area contributed by atoms with Gasteiger partial charge in [0.15, 0.2) is 10.9 Å². The van der Waals surface area contributed by atoms with Crippen LogP contribution in [0.25, 0.3) is 5.69 Å². The number of aromatic nitrogens is 5. The van der Waals surface area contributed by atoms with E-state index in [2.05, 4.69) is 37.3 Å². The summed E-state index contributed by atoms with van der Waals surface area (Å²) in [5, 5.41) is 9.34. The van der Waals surface area contributed by atoms with Crippen LogP contribution in [0.2, 0.25) is 0 Å². The summed E-state index contributed by atoms with van der Waals surface area (Å²) < 4.78 is 1.75. The number of benzene rings is 2. The standard InChI is InChI=1S/C25H25N7OS/c1-19-8-10-21(11-9-19)32-22(18-34-25-26-12-5-13-27-25)23(28-29-32)24(33)31-16-14-30(15-17-31)20-6-3-2-4-7-20/h2-13H,14-18H2,1H3. The average Bonchev–Trinajstić information content (AvgIpc) is 3.32. The molecule has 0 spiro atoms. The van der Waals surface area contributed by atoms with Gasteiger partial charge in [-0.05, 0) is 37.3 Å². The van der Waals surface area contributed by atoms with E-state index in [0.29, 0.717) is 29.7 Å². The number of rotatable bonds is 6. The van der Waals surface area contributed by atoms with Crippen LogP contribution in [-0.2, 0) is 5.75 Å². The molecule has 0 bridgehead atoms. The third kappa shape index (κ3) is 4.79. The topological polar surface area (TPSA) is 80.0 Å². The van der Waals surface area contributed by atoms with Gasteiger partial charge in [0.2, 0.25) is 0 Å². The molecule has 9 heteroatoms. The molecule has 1 aliphatic rings. The summed E-state index contributed by atoms with van der Waals surface area (Å²) in [5.74, 6) is 0.395. The summed E-state index contributed by atoms with van der Waals surface area (Å²) in [6, 6.07) is 20.1. The Morgan fingerprint density at radius 2 is 1.59 bits per heavy atom. The molecule has 0 N–H and O–H groups in total. The van der Waals surface area contributed by atoms with Crippen molar-refractivity contribution in [1.29, 1.82) is 0 Å². The van der Waals surface area contributed by atoms with Crippen molar-refractivity contribution in [2.75, 3.05) is 31.1 Å². The second-order valence-electron chi connectivity index (χ2n) is 8.07. The van der Waals surface area contributed by atoms with Gasteiger partial charge < -0.3 is 9.80 Å². The van der Waals surface area contributed by atoms with Crippen LogP contribution in [-0.4, -0.2) is 61.9 Å². The number of hydrogen-bond donors (Lipinski definition) is 0. The fraction of sp³-hybridized carbons (Fsp3) is 0.240. The summed E-state index contributed by atoms with van der Waals surface area (Å²) in [6.07, 6.45) is 3.42. The molecule has 0 radical (unpaired) electrons. The van der Waals surface area contributed by atoms with Crippen LogP contribution in [0, 0.1) is 6.92 Å². The molecule has 1 amide bonds. The molecule has 4 aromatic rings. The zero-order chi connectivity index (χ0) is 23.3. The Labute approximate surface area is 202 Å². The van der Waals surface area contributed by atoms with Crippen molar-refractivity contribution in [3.63, 3.8) is 0 Å². The molecule has 1 fully saturated rings. The van der Waals surface area contributed by atoms with Crippen LogP contribution in [0.5, 0.6) is 0 Å². The van der Waals surface area contributed by atoms with Gasteiger partial charge in [0.1, 0.15) is 0 Å². The van der Waals surface area contributed by atoms with Crippen LogP contribution in [0.3, 0.4) is 0 Å². The van der Waals surface area contributed by atoms with Crippen LogP contribution in [0.15, 0.2) is 78.2 Å². The van der Waals surface area contributed by atoms with Crippen LogP contribution in [0.1, 0.15) is 21.7 Å². The lowest BCUT2D eigenvalue weighted by Crippen LogP contribution is -2.49. The first kappa shape index (κ1) is 22.1. The largest absolute Gasteiger partial charge is 0.368 e. The summed E-state index contributed by atoms with van der Waals surface area (Å²) in [5.41, 5.74) is 4.34. The van der Waals surface area contributed by atoms with Gasteiger partial charge in [-0.1, -0.05) is 52.9 Å². The molecule has 3 heterocycles. The first-order chi connectivity index (χ1) is 16.7. The highest BCUT2D eigenvalue weighted by Crippen LogP contribution is 2.24. The van der Waals surface area contributed by atoms with Gasteiger partial charge in [0.05, 0.1) is 11.4 Å². The van der Waals surface area contributed by atoms with Gasteiger partial charge in [-0.2, -0.15) is 0 Å².